The fourth-order valence-electron chi connectivity index (χ4n) is 1.54. The number of rotatable bonds is 6. The van der Waals surface area contributed by atoms with Crippen LogP contribution in [0.5, 0.6) is 6.01 Å². The summed E-state index contributed by atoms with van der Waals surface area (Å²) in [5.74, 6) is 0.982. The molecule has 8 heteroatoms. The summed E-state index contributed by atoms with van der Waals surface area (Å²) >= 11 is 0. The zero-order chi connectivity index (χ0) is 14.5. The van der Waals surface area contributed by atoms with Crippen LogP contribution in [0.3, 0.4) is 0 Å². The van der Waals surface area contributed by atoms with Crippen LogP contribution < -0.4 is 10.1 Å². The zero-order valence-electron chi connectivity index (χ0n) is 12.2. The third kappa shape index (κ3) is 3.40. The van der Waals surface area contributed by atoms with Crippen molar-refractivity contribution in [1.29, 1.82) is 0 Å². The number of anilines is 1. The Morgan fingerprint density at radius 3 is 2.70 bits per heavy atom. The van der Waals surface area contributed by atoms with E-state index in [1.165, 1.54) is 0 Å². The quantitative estimate of drug-likeness (QED) is 0.850. The Bertz CT molecular complexity index is 567. The van der Waals surface area contributed by atoms with E-state index in [2.05, 4.69) is 37.5 Å². The third-order valence-corrected chi connectivity index (χ3v) is 2.43. The van der Waals surface area contributed by atoms with Crippen molar-refractivity contribution in [3.05, 3.63) is 6.20 Å². The van der Waals surface area contributed by atoms with E-state index in [1.54, 1.807) is 17.9 Å². The lowest BCUT2D eigenvalue weighted by molar-refractivity contribution is 0.222. The van der Waals surface area contributed by atoms with E-state index in [1.807, 2.05) is 13.8 Å². The van der Waals surface area contributed by atoms with Gasteiger partial charge in [-0.05, 0) is 20.3 Å². The number of hydrogen-bond acceptors (Lipinski definition) is 7. The first kappa shape index (κ1) is 14.2. The first-order valence-electron chi connectivity index (χ1n) is 6.61. The van der Waals surface area contributed by atoms with Gasteiger partial charge >= 0.3 is 6.01 Å². The van der Waals surface area contributed by atoms with Crippen molar-refractivity contribution in [3.63, 3.8) is 0 Å². The second-order valence-electron chi connectivity index (χ2n) is 4.60. The Balaban J connectivity index is 2.37. The van der Waals surface area contributed by atoms with Gasteiger partial charge in [0.25, 0.3) is 0 Å². The Morgan fingerprint density at radius 1 is 1.30 bits per heavy atom. The number of nitrogens with one attached hydrogen (secondary N) is 1. The number of ether oxygens (including phenoxy) is 1. The molecular formula is C12H19N7O. The number of aryl methyl sites for hydroxylation is 1. The Labute approximate surface area is 117 Å². The van der Waals surface area contributed by atoms with Crippen LogP contribution in [0, 0.1) is 0 Å². The predicted octanol–water partition coefficient (Wildman–Crippen LogP) is 1.28. The van der Waals surface area contributed by atoms with Crippen LogP contribution in [-0.4, -0.2) is 42.6 Å². The normalized spacial score (nSPS) is 10.8. The number of hydrogen-bond donors (Lipinski definition) is 1. The predicted molar refractivity (Wildman–Crippen MR) is 74.4 cm³/mol. The molecule has 2 rings (SSSR count). The van der Waals surface area contributed by atoms with Crippen LogP contribution in [0.2, 0.25) is 0 Å². The minimum atomic E-state index is -0.00561. The van der Waals surface area contributed by atoms with Crippen molar-refractivity contribution in [2.45, 2.75) is 33.3 Å². The van der Waals surface area contributed by atoms with Crippen molar-refractivity contribution in [2.24, 2.45) is 7.05 Å². The molecule has 0 spiro atoms. The highest BCUT2D eigenvalue weighted by Crippen LogP contribution is 2.17. The van der Waals surface area contributed by atoms with E-state index < -0.39 is 0 Å². The van der Waals surface area contributed by atoms with E-state index in [-0.39, 0.29) is 6.10 Å². The molecule has 108 valence electrons. The highest BCUT2D eigenvalue weighted by Gasteiger charge is 2.13. The Kier molecular flexibility index (Phi) is 4.44. The Morgan fingerprint density at radius 2 is 2.10 bits per heavy atom. The first-order valence-corrected chi connectivity index (χ1v) is 6.61. The SMILES string of the molecule is CCCNc1nc(OC(C)C)nc(-c2cnnn2C)n1. The van der Waals surface area contributed by atoms with Crippen LogP contribution in [-0.2, 0) is 7.05 Å². The second kappa shape index (κ2) is 6.27. The fraction of sp³-hybridized carbons (Fsp3) is 0.583. The summed E-state index contributed by atoms with van der Waals surface area (Å²) in [6.07, 6.45) is 2.58. The summed E-state index contributed by atoms with van der Waals surface area (Å²) in [6.45, 7) is 6.71. The van der Waals surface area contributed by atoms with Crippen molar-refractivity contribution >= 4 is 5.95 Å². The van der Waals surface area contributed by atoms with E-state index in [4.69, 9.17) is 4.74 Å². The number of nitrogens with zero attached hydrogens (tertiary/aromatic N) is 6. The summed E-state index contributed by atoms with van der Waals surface area (Å²) in [6, 6.07) is 0.296. The van der Waals surface area contributed by atoms with Gasteiger partial charge in [0.05, 0.1) is 12.3 Å². The van der Waals surface area contributed by atoms with Crippen LogP contribution in [0.1, 0.15) is 27.2 Å². The van der Waals surface area contributed by atoms with Gasteiger partial charge in [0.1, 0.15) is 5.69 Å². The van der Waals surface area contributed by atoms with Gasteiger partial charge in [-0.3, -0.25) is 0 Å². The summed E-state index contributed by atoms with van der Waals surface area (Å²) in [5, 5.41) is 10.8. The molecule has 2 heterocycles. The topological polar surface area (TPSA) is 90.6 Å². The summed E-state index contributed by atoms with van der Waals surface area (Å²) < 4.78 is 7.17. The van der Waals surface area contributed by atoms with Gasteiger partial charge in [-0.1, -0.05) is 12.1 Å². The van der Waals surface area contributed by atoms with Gasteiger partial charge in [-0.2, -0.15) is 15.0 Å². The molecule has 8 nitrogen and oxygen atoms in total. The van der Waals surface area contributed by atoms with Gasteiger partial charge in [0.15, 0.2) is 5.82 Å². The summed E-state index contributed by atoms with van der Waals surface area (Å²) in [5.41, 5.74) is 0.709. The number of aromatic nitrogens is 6. The molecule has 0 bridgehead atoms. The maximum atomic E-state index is 5.56. The lowest BCUT2D eigenvalue weighted by Crippen LogP contribution is -2.13. The third-order valence-electron chi connectivity index (χ3n) is 2.43. The molecule has 0 atom stereocenters. The molecule has 0 aromatic carbocycles. The first-order chi connectivity index (χ1) is 9.60. The average molecular weight is 277 g/mol. The van der Waals surface area contributed by atoms with Crippen molar-refractivity contribution in [2.75, 3.05) is 11.9 Å². The monoisotopic (exact) mass is 277 g/mol. The summed E-state index contributed by atoms with van der Waals surface area (Å²) in [7, 11) is 1.79. The molecule has 20 heavy (non-hydrogen) atoms. The molecule has 2 aromatic heterocycles. The molecular weight excluding hydrogens is 258 g/mol. The Hall–Kier alpha value is -2.25. The fourth-order valence-corrected chi connectivity index (χ4v) is 1.54. The van der Waals surface area contributed by atoms with Crippen LogP contribution in [0.4, 0.5) is 5.95 Å². The zero-order valence-corrected chi connectivity index (χ0v) is 12.2. The van der Waals surface area contributed by atoms with Gasteiger partial charge < -0.3 is 10.1 Å². The molecule has 0 aliphatic carbocycles. The minimum absolute atomic E-state index is 0.00561. The van der Waals surface area contributed by atoms with E-state index in [0.717, 1.165) is 13.0 Å². The molecule has 0 amide bonds. The largest absolute Gasteiger partial charge is 0.461 e. The molecule has 0 saturated carbocycles. The smallest absolute Gasteiger partial charge is 0.322 e. The van der Waals surface area contributed by atoms with Crippen LogP contribution >= 0.6 is 0 Å². The molecule has 0 saturated heterocycles. The van der Waals surface area contributed by atoms with Crippen LogP contribution in [0.25, 0.3) is 11.5 Å². The summed E-state index contributed by atoms with van der Waals surface area (Å²) in [4.78, 5) is 12.9. The maximum absolute atomic E-state index is 5.56. The van der Waals surface area contributed by atoms with Gasteiger partial charge in [0, 0.05) is 13.6 Å². The maximum Gasteiger partial charge on any atom is 0.322 e. The molecule has 1 N–H and O–H groups in total. The van der Waals surface area contributed by atoms with Crippen molar-refractivity contribution in [1.82, 2.24) is 29.9 Å². The highest BCUT2D eigenvalue weighted by atomic mass is 16.5. The van der Waals surface area contributed by atoms with Gasteiger partial charge in [-0.15, -0.1) is 5.10 Å². The molecule has 0 aliphatic rings. The van der Waals surface area contributed by atoms with Crippen molar-refractivity contribution in [3.8, 4) is 17.5 Å². The van der Waals surface area contributed by atoms with E-state index in [0.29, 0.717) is 23.5 Å². The highest BCUT2D eigenvalue weighted by molar-refractivity contribution is 5.50. The lowest BCUT2D eigenvalue weighted by atomic mass is 10.4. The van der Waals surface area contributed by atoms with Gasteiger partial charge in [-0.25, -0.2) is 4.68 Å². The molecule has 0 radical (unpaired) electrons. The molecule has 0 fully saturated rings. The standard InChI is InChI=1S/C12H19N7O/c1-5-6-13-11-15-10(9-7-14-18-19(9)4)16-12(17-11)20-8(2)3/h7-8H,5-6H2,1-4H3,(H,13,15,16,17). The molecule has 0 unspecified atom stereocenters. The second-order valence-corrected chi connectivity index (χ2v) is 4.60. The minimum Gasteiger partial charge on any atom is -0.461 e. The average Bonchev–Trinajstić information content (AvgIpc) is 2.81. The molecule has 0 aliphatic heterocycles. The van der Waals surface area contributed by atoms with Crippen LogP contribution in [0.15, 0.2) is 6.20 Å². The van der Waals surface area contributed by atoms with E-state index >= 15 is 0 Å². The van der Waals surface area contributed by atoms with Gasteiger partial charge in [0.2, 0.25) is 5.95 Å². The van der Waals surface area contributed by atoms with E-state index in [9.17, 15) is 0 Å². The molecule has 2 aromatic rings. The lowest BCUT2D eigenvalue weighted by Gasteiger charge is -2.11. The van der Waals surface area contributed by atoms with Crippen molar-refractivity contribution < 1.29 is 4.74 Å².